The minimum absolute atomic E-state index is 0.174. The summed E-state index contributed by atoms with van der Waals surface area (Å²) in [7, 11) is -3.94. The molecule has 4 rings (SSSR count). The van der Waals surface area contributed by atoms with Gasteiger partial charge < -0.3 is 0 Å². The number of hydrogen-bond acceptors (Lipinski definition) is 4. The molecule has 0 aromatic heterocycles. The lowest BCUT2D eigenvalue weighted by Gasteiger charge is -2.30. The van der Waals surface area contributed by atoms with Crippen molar-refractivity contribution in [3.8, 4) is 0 Å². The zero-order valence-corrected chi connectivity index (χ0v) is 21.1. The Morgan fingerprint density at radius 1 is 0.857 bits per heavy atom. The van der Waals surface area contributed by atoms with E-state index in [0.717, 1.165) is 36.8 Å². The molecule has 1 heterocycles. The number of Topliss-reactive ketones (excluding diaryl/α,β-unsaturated/α-hetero) is 1. The third-order valence-electron chi connectivity index (χ3n) is 6.39. The van der Waals surface area contributed by atoms with Crippen LogP contribution >= 0.6 is 0 Å². The first-order chi connectivity index (χ1) is 16.9. The van der Waals surface area contributed by atoms with Crippen LogP contribution in [-0.4, -0.2) is 30.4 Å². The maximum Gasteiger partial charge on any atom is 0.265 e. The molecule has 35 heavy (non-hydrogen) atoms. The molecular weight excluding hydrogens is 456 g/mol. The van der Waals surface area contributed by atoms with Gasteiger partial charge in [-0.1, -0.05) is 105 Å². The quantitative estimate of drug-likeness (QED) is 0.246. The predicted molar refractivity (Wildman–Crippen MR) is 140 cm³/mol. The van der Waals surface area contributed by atoms with Crippen LogP contribution < -0.4 is 0 Å². The van der Waals surface area contributed by atoms with E-state index in [4.69, 9.17) is 4.99 Å². The van der Waals surface area contributed by atoms with Gasteiger partial charge in [-0.25, -0.2) is 12.7 Å². The number of carbonyl (C=O) groups excluding carboxylic acids is 1. The highest BCUT2D eigenvalue weighted by Crippen LogP contribution is 2.39. The smallest absolute Gasteiger partial charge is 0.265 e. The van der Waals surface area contributed by atoms with Crippen LogP contribution in [0.1, 0.15) is 66.6 Å². The molecule has 0 bridgehead atoms. The Morgan fingerprint density at radius 3 is 2.11 bits per heavy atom. The van der Waals surface area contributed by atoms with Gasteiger partial charge in [0.1, 0.15) is 17.9 Å². The lowest BCUT2D eigenvalue weighted by molar-refractivity contribution is 0.0944. The molecule has 2 atom stereocenters. The van der Waals surface area contributed by atoms with Gasteiger partial charge >= 0.3 is 0 Å². The summed E-state index contributed by atoms with van der Waals surface area (Å²) in [6.45, 7) is 4.06. The minimum atomic E-state index is -3.94. The van der Waals surface area contributed by atoms with Crippen LogP contribution in [-0.2, 0) is 10.0 Å². The second-order valence-electron chi connectivity index (χ2n) is 9.00. The van der Waals surface area contributed by atoms with E-state index in [1.807, 2.05) is 55.5 Å². The molecule has 6 heteroatoms. The number of hydrogen-bond donors (Lipinski definition) is 0. The fraction of sp³-hybridized carbons (Fsp3) is 0.310. The number of aryl methyl sites for hydroxylation is 1. The van der Waals surface area contributed by atoms with Crippen LogP contribution in [0.2, 0.25) is 0 Å². The Kier molecular flexibility index (Phi) is 7.81. The maximum atomic E-state index is 14.1. The number of aliphatic imine (C=N–C) groups is 1. The molecule has 1 aliphatic rings. The molecule has 182 valence electrons. The van der Waals surface area contributed by atoms with Gasteiger partial charge in [0, 0.05) is 12.0 Å². The Morgan fingerprint density at radius 2 is 1.49 bits per heavy atom. The normalized spacial score (nSPS) is 17.9. The molecule has 0 amide bonds. The molecule has 0 aliphatic carbocycles. The molecule has 0 spiro atoms. The van der Waals surface area contributed by atoms with Crippen molar-refractivity contribution < 1.29 is 13.2 Å². The third kappa shape index (κ3) is 5.38. The molecule has 5 nitrogen and oxygen atoms in total. The second kappa shape index (κ2) is 11.0. The zero-order valence-electron chi connectivity index (χ0n) is 20.3. The Bertz CT molecular complexity index is 1270. The lowest BCUT2D eigenvalue weighted by Crippen LogP contribution is -2.40. The molecular formula is C29H32N2O3S. The molecule has 0 radical (unpaired) electrons. The number of benzene rings is 3. The van der Waals surface area contributed by atoms with Gasteiger partial charge in [0.25, 0.3) is 10.0 Å². The van der Waals surface area contributed by atoms with Crippen molar-refractivity contribution in [1.29, 1.82) is 0 Å². The minimum Gasteiger partial charge on any atom is -0.292 e. The van der Waals surface area contributed by atoms with E-state index in [-0.39, 0.29) is 10.7 Å². The van der Waals surface area contributed by atoms with E-state index in [1.54, 1.807) is 36.4 Å². The summed E-state index contributed by atoms with van der Waals surface area (Å²) >= 11 is 0. The number of rotatable bonds is 10. The Balaban J connectivity index is 1.82. The molecule has 0 saturated heterocycles. The molecule has 3 aromatic carbocycles. The van der Waals surface area contributed by atoms with Gasteiger partial charge in [0.05, 0.1) is 4.90 Å². The highest BCUT2D eigenvalue weighted by Gasteiger charge is 2.47. The zero-order chi connectivity index (χ0) is 24.8. The number of amidine groups is 1. The van der Waals surface area contributed by atoms with Gasteiger partial charge in [0.2, 0.25) is 0 Å². The summed E-state index contributed by atoms with van der Waals surface area (Å²) in [6.07, 6.45) is 4.47. The molecule has 3 aromatic rings. The summed E-state index contributed by atoms with van der Waals surface area (Å²) in [5, 5.41) is 0. The molecule has 0 saturated carbocycles. The van der Waals surface area contributed by atoms with Gasteiger partial charge in [-0.05, 0) is 31.0 Å². The largest absolute Gasteiger partial charge is 0.292 e. The third-order valence-corrected chi connectivity index (χ3v) is 8.22. The fourth-order valence-corrected chi connectivity index (χ4v) is 6.18. The van der Waals surface area contributed by atoms with Crippen LogP contribution in [0.25, 0.3) is 0 Å². The number of ketones is 1. The van der Waals surface area contributed by atoms with Gasteiger partial charge in [0.15, 0.2) is 5.78 Å². The highest BCUT2D eigenvalue weighted by atomic mass is 32.2. The van der Waals surface area contributed by atoms with Crippen LogP contribution in [0.3, 0.4) is 0 Å². The van der Waals surface area contributed by atoms with Gasteiger partial charge in [-0.2, -0.15) is 0 Å². The summed E-state index contributed by atoms with van der Waals surface area (Å²) in [6, 6.07) is 23.7. The summed E-state index contributed by atoms with van der Waals surface area (Å²) in [5.74, 6) is 0.289. The SMILES string of the molecule is CCCCCCC1=N[C@H](C(=O)c2ccccc2)[C@@H](c2ccccc2)N1S(=O)(=O)c1ccc(C)cc1. The van der Waals surface area contributed by atoms with E-state index in [9.17, 15) is 13.2 Å². The monoisotopic (exact) mass is 488 g/mol. The molecule has 1 aliphatic heterocycles. The van der Waals surface area contributed by atoms with E-state index >= 15 is 0 Å². The summed E-state index contributed by atoms with van der Waals surface area (Å²) in [4.78, 5) is 18.7. The Labute approximate surface area is 208 Å². The van der Waals surface area contributed by atoms with E-state index in [0.29, 0.717) is 17.8 Å². The second-order valence-corrected chi connectivity index (χ2v) is 10.8. The first-order valence-corrected chi connectivity index (χ1v) is 13.7. The summed E-state index contributed by atoms with van der Waals surface area (Å²) < 4.78 is 29.6. The van der Waals surface area contributed by atoms with Crippen molar-refractivity contribution in [2.24, 2.45) is 4.99 Å². The standard InChI is InChI=1S/C29H32N2O3S/c1-3-4-5-12-17-26-30-27(29(32)24-15-10-7-11-16-24)28(23-13-8-6-9-14-23)31(26)35(33,34)25-20-18-22(2)19-21-25/h6-11,13-16,18-21,27-28H,3-5,12,17H2,1-2H3/t27-,28+/m0/s1. The van der Waals surface area contributed by atoms with Crippen LogP contribution in [0.5, 0.6) is 0 Å². The van der Waals surface area contributed by atoms with Crippen molar-refractivity contribution in [2.75, 3.05) is 0 Å². The first-order valence-electron chi connectivity index (χ1n) is 12.3. The maximum absolute atomic E-state index is 14.1. The van der Waals surface area contributed by atoms with Crippen molar-refractivity contribution in [1.82, 2.24) is 4.31 Å². The Hall–Kier alpha value is -3.25. The molecule has 0 fully saturated rings. The topological polar surface area (TPSA) is 66.8 Å². The van der Waals surface area contributed by atoms with Crippen LogP contribution in [0.4, 0.5) is 0 Å². The van der Waals surface area contributed by atoms with Crippen LogP contribution in [0, 0.1) is 6.92 Å². The van der Waals surface area contributed by atoms with Crippen molar-refractivity contribution >= 4 is 21.6 Å². The fourth-order valence-electron chi connectivity index (χ4n) is 4.52. The van der Waals surface area contributed by atoms with Gasteiger partial charge in [-0.15, -0.1) is 0 Å². The lowest BCUT2D eigenvalue weighted by atomic mass is 9.94. The van der Waals surface area contributed by atoms with Crippen LogP contribution in [0.15, 0.2) is 94.8 Å². The van der Waals surface area contributed by atoms with Crippen molar-refractivity contribution in [3.63, 3.8) is 0 Å². The number of sulfonamides is 1. The molecule has 0 unspecified atom stereocenters. The summed E-state index contributed by atoms with van der Waals surface area (Å²) in [5.41, 5.74) is 2.27. The molecule has 0 N–H and O–H groups in total. The van der Waals surface area contributed by atoms with E-state index in [1.165, 1.54) is 4.31 Å². The van der Waals surface area contributed by atoms with Gasteiger partial charge in [-0.3, -0.25) is 9.79 Å². The highest BCUT2D eigenvalue weighted by molar-refractivity contribution is 7.89. The number of carbonyl (C=O) groups is 1. The number of nitrogens with zero attached hydrogens (tertiary/aromatic N) is 2. The van der Waals surface area contributed by atoms with E-state index < -0.39 is 22.1 Å². The van der Waals surface area contributed by atoms with Crippen molar-refractivity contribution in [3.05, 3.63) is 102 Å². The van der Waals surface area contributed by atoms with E-state index in [2.05, 4.69) is 6.92 Å². The average molecular weight is 489 g/mol. The number of unbranched alkanes of at least 4 members (excludes halogenated alkanes) is 3. The average Bonchev–Trinajstić information content (AvgIpc) is 3.28. The predicted octanol–water partition coefficient (Wildman–Crippen LogP) is 6.36. The van der Waals surface area contributed by atoms with Crippen molar-refractivity contribution in [2.45, 2.75) is 62.9 Å². The first kappa shape index (κ1) is 24.9.